The van der Waals surface area contributed by atoms with Crippen LogP contribution in [0.2, 0.25) is 0 Å². The van der Waals surface area contributed by atoms with Gasteiger partial charge in [0.05, 0.1) is 0 Å². The number of rotatable bonds is 5. The van der Waals surface area contributed by atoms with E-state index < -0.39 is 0 Å². The van der Waals surface area contributed by atoms with Gasteiger partial charge in [-0.05, 0) is 19.3 Å². The Morgan fingerprint density at radius 1 is 1.12 bits per heavy atom. The van der Waals surface area contributed by atoms with Crippen molar-refractivity contribution in [1.82, 2.24) is 0 Å². The van der Waals surface area contributed by atoms with E-state index in [0.29, 0.717) is 0 Å². The van der Waals surface area contributed by atoms with Gasteiger partial charge in [-0.25, -0.2) is 4.58 Å². The Kier molecular flexibility index (Phi) is 4.43. The van der Waals surface area contributed by atoms with Crippen molar-refractivity contribution in [1.29, 1.82) is 0 Å². The van der Waals surface area contributed by atoms with Crippen LogP contribution in [-0.4, -0.2) is 22.4 Å². The Morgan fingerprint density at radius 3 is 2.75 bits per heavy atom. The number of unbranched alkanes of at least 4 members (excludes halogenated alkanes) is 1. The van der Waals surface area contributed by atoms with Gasteiger partial charge < -0.3 is 0 Å². The summed E-state index contributed by atoms with van der Waals surface area (Å²) in [5.41, 5.74) is 1.81. The minimum absolute atomic E-state index is 0.901. The average molecular weight is 222 g/mol. The maximum absolute atomic E-state index is 2.86. The van der Waals surface area contributed by atoms with Gasteiger partial charge in [0.1, 0.15) is 0 Å². The number of hydrogen-bond acceptors (Lipinski definition) is 0. The lowest BCUT2D eigenvalue weighted by atomic mass is 9.94. The van der Waals surface area contributed by atoms with E-state index in [-0.39, 0.29) is 0 Å². The number of piperidine rings is 1. The minimum Gasteiger partial charge on any atom is -0.232 e. The Hall–Kier alpha value is -0.330. The molecule has 2 heterocycles. The highest BCUT2D eigenvalue weighted by molar-refractivity contribution is 5.80. The lowest BCUT2D eigenvalue weighted by molar-refractivity contribution is -0.606. The summed E-state index contributed by atoms with van der Waals surface area (Å²) in [4.78, 5) is 0. The van der Waals surface area contributed by atoms with E-state index in [0.717, 1.165) is 12.1 Å². The monoisotopic (exact) mass is 222 g/mol. The molecule has 2 atom stereocenters. The van der Waals surface area contributed by atoms with Crippen molar-refractivity contribution in [2.24, 2.45) is 0 Å². The van der Waals surface area contributed by atoms with Gasteiger partial charge in [0.25, 0.3) is 0 Å². The molecule has 0 bridgehead atoms. The topological polar surface area (TPSA) is 3.01 Å². The normalized spacial score (nSPS) is 29.6. The average Bonchev–Trinajstić information content (AvgIpc) is 2.71. The second-order valence-electron chi connectivity index (χ2n) is 5.64. The fraction of sp³-hybridized carbons (Fsp3) is 0.933. The quantitative estimate of drug-likeness (QED) is 0.615. The van der Waals surface area contributed by atoms with Crippen LogP contribution in [0.4, 0.5) is 0 Å². The third-order valence-corrected chi connectivity index (χ3v) is 4.43. The Bertz CT molecular complexity index is 252. The molecular formula is C15H28N+. The summed E-state index contributed by atoms with van der Waals surface area (Å²) in [6.07, 6.45) is 14.2. The number of hydrogen-bond donors (Lipinski definition) is 0. The number of fused-ring (bicyclic) bond motifs is 1. The molecule has 1 unspecified atom stereocenters. The Morgan fingerprint density at radius 2 is 2.00 bits per heavy atom. The van der Waals surface area contributed by atoms with Crippen molar-refractivity contribution in [3.8, 4) is 0 Å². The molecule has 0 saturated carbocycles. The summed E-state index contributed by atoms with van der Waals surface area (Å²) in [6, 6.07) is 1.83. The van der Waals surface area contributed by atoms with Crippen LogP contribution < -0.4 is 0 Å². The van der Waals surface area contributed by atoms with Gasteiger partial charge in [-0.15, -0.1) is 0 Å². The standard InChI is InChI=1S/C15H28N/c1-3-5-8-14-11-12-15-10-6-9-13(7-4-2)16(14)15/h13,15H,3-12H2,1-2H3/q+1/t13-,15?/m1/s1. The highest BCUT2D eigenvalue weighted by atomic mass is 15.1. The lowest BCUT2D eigenvalue weighted by Gasteiger charge is -2.25. The van der Waals surface area contributed by atoms with E-state index in [1.54, 1.807) is 0 Å². The van der Waals surface area contributed by atoms with Crippen LogP contribution in [0.1, 0.15) is 78.1 Å². The van der Waals surface area contributed by atoms with Gasteiger partial charge in [0.2, 0.25) is 0 Å². The van der Waals surface area contributed by atoms with Crippen LogP contribution in [-0.2, 0) is 0 Å². The second-order valence-corrected chi connectivity index (χ2v) is 5.64. The van der Waals surface area contributed by atoms with Crippen LogP contribution in [0.15, 0.2) is 0 Å². The van der Waals surface area contributed by atoms with Crippen molar-refractivity contribution in [3.63, 3.8) is 0 Å². The third-order valence-electron chi connectivity index (χ3n) is 4.43. The zero-order chi connectivity index (χ0) is 11.4. The van der Waals surface area contributed by atoms with Crippen LogP contribution in [0.3, 0.4) is 0 Å². The van der Waals surface area contributed by atoms with Gasteiger partial charge in [0, 0.05) is 38.5 Å². The molecule has 0 spiro atoms. The number of nitrogens with zero attached hydrogens (tertiary/aromatic N) is 1. The smallest absolute Gasteiger partial charge is 0.153 e. The van der Waals surface area contributed by atoms with Crippen molar-refractivity contribution in [2.75, 3.05) is 0 Å². The van der Waals surface area contributed by atoms with E-state index in [9.17, 15) is 0 Å². The van der Waals surface area contributed by atoms with E-state index in [1.165, 1.54) is 64.2 Å². The maximum Gasteiger partial charge on any atom is 0.153 e. The van der Waals surface area contributed by atoms with Gasteiger partial charge in [-0.1, -0.05) is 20.3 Å². The highest BCUT2D eigenvalue weighted by Crippen LogP contribution is 2.30. The molecule has 1 saturated heterocycles. The highest BCUT2D eigenvalue weighted by Gasteiger charge is 2.39. The maximum atomic E-state index is 2.86. The van der Waals surface area contributed by atoms with Crippen molar-refractivity contribution in [2.45, 2.75) is 90.1 Å². The van der Waals surface area contributed by atoms with Crippen LogP contribution in [0.5, 0.6) is 0 Å². The molecule has 2 aliphatic rings. The molecule has 2 aliphatic heterocycles. The van der Waals surface area contributed by atoms with E-state index >= 15 is 0 Å². The molecule has 0 amide bonds. The Balaban J connectivity index is 2.08. The molecule has 0 aromatic carbocycles. The summed E-state index contributed by atoms with van der Waals surface area (Å²) < 4.78 is 2.86. The zero-order valence-electron chi connectivity index (χ0n) is 11.2. The predicted molar refractivity (Wildman–Crippen MR) is 70.4 cm³/mol. The van der Waals surface area contributed by atoms with E-state index in [2.05, 4.69) is 18.4 Å². The molecule has 0 aromatic heterocycles. The predicted octanol–water partition coefficient (Wildman–Crippen LogP) is 4.15. The summed E-state index contributed by atoms with van der Waals surface area (Å²) in [5, 5.41) is 0. The van der Waals surface area contributed by atoms with Crippen LogP contribution in [0.25, 0.3) is 0 Å². The SMILES string of the molecule is CCCCC1=[N+]2C(CCC[C@H]2CCC)CC1. The summed E-state index contributed by atoms with van der Waals surface area (Å²) in [7, 11) is 0. The van der Waals surface area contributed by atoms with Crippen molar-refractivity contribution < 1.29 is 4.58 Å². The molecule has 1 nitrogen and oxygen atoms in total. The van der Waals surface area contributed by atoms with Gasteiger partial charge in [-0.3, -0.25) is 0 Å². The third kappa shape index (κ3) is 2.49. The minimum atomic E-state index is 0.901. The first-order valence-electron chi connectivity index (χ1n) is 7.49. The summed E-state index contributed by atoms with van der Waals surface area (Å²) in [6.45, 7) is 4.65. The van der Waals surface area contributed by atoms with Crippen LogP contribution >= 0.6 is 0 Å². The van der Waals surface area contributed by atoms with Gasteiger partial charge in [0.15, 0.2) is 17.8 Å². The van der Waals surface area contributed by atoms with Gasteiger partial charge in [-0.2, -0.15) is 0 Å². The molecule has 0 aromatic rings. The zero-order valence-corrected chi connectivity index (χ0v) is 11.2. The molecule has 92 valence electrons. The van der Waals surface area contributed by atoms with Crippen molar-refractivity contribution >= 4 is 5.71 Å². The molecule has 1 fully saturated rings. The van der Waals surface area contributed by atoms with E-state index in [1.807, 2.05) is 5.71 Å². The fourth-order valence-electron chi connectivity index (χ4n) is 3.68. The largest absolute Gasteiger partial charge is 0.232 e. The van der Waals surface area contributed by atoms with Crippen molar-refractivity contribution in [3.05, 3.63) is 0 Å². The summed E-state index contributed by atoms with van der Waals surface area (Å²) >= 11 is 0. The molecule has 0 aliphatic carbocycles. The first kappa shape index (κ1) is 12.1. The Labute approximate surface area is 101 Å². The van der Waals surface area contributed by atoms with E-state index in [4.69, 9.17) is 0 Å². The fourth-order valence-corrected chi connectivity index (χ4v) is 3.68. The molecule has 0 N–H and O–H groups in total. The molecule has 0 radical (unpaired) electrons. The summed E-state index contributed by atoms with van der Waals surface area (Å²) in [5.74, 6) is 0. The lowest BCUT2D eigenvalue weighted by Crippen LogP contribution is -2.38. The molecule has 16 heavy (non-hydrogen) atoms. The molecule has 2 rings (SSSR count). The van der Waals surface area contributed by atoms with Gasteiger partial charge >= 0.3 is 0 Å². The molecule has 1 heteroatoms. The first-order valence-corrected chi connectivity index (χ1v) is 7.49. The second kappa shape index (κ2) is 5.84. The van der Waals surface area contributed by atoms with Crippen LogP contribution in [0, 0.1) is 0 Å². The first-order chi connectivity index (χ1) is 7.86. The molecular weight excluding hydrogens is 194 g/mol.